The van der Waals surface area contributed by atoms with Crippen molar-refractivity contribution in [2.75, 3.05) is 4.90 Å². The minimum atomic E-state index is -0.0619. The number of fused-ring (bicyclic) bond motifs is 13. The Hall–Kier alpha value is -7.36. The summed E-state index contributed by atoms with van der Waals surface area (Å²) in [5.41, 5.74) is 18.6. The molecule has 0 unspecified atom stereocenters. The molecule has 12 aromatic rings. The number of para-hydroxylation sites is 4. The average Bonchev–Trinajstić information content (AvgIpc) is 3.87. The van der Waals surface area contributed by atoms with Crippen molar-refractivity contribution in [1.29, 1.82) is 0 Å². The Bertz CT molecular complexity index is 3670. The van der Waals surface area contributed by atoms with Crippen LogP contribution in [-0.4, -0.2) is 8.80 Å². The highest BCUT2D eigenvalue weighted by Gasteiger charge is 2.35. The Labute approximate surface area is 335 Å². The molecule has 0 fully saturated rings. The van der Waals surface area contributed by atoms with Gasteiger partial charge in [-0.3, -0.25) is 0 Å². The van der Waals surface area contributed by atoms with Crippen LogP contribution in [0.5, 0.6) is 0 Å². The normalized spacial score (nSPS) is 13.5. The monoisotopic (exact) mass is 739 g/mol. The van der Waals surface area contributed by atoms with E-state index in [1.807, 2.05) is 0 Å². The van der Waals surface area contributed by atoms with Crippen molar-refractivity contribution in [3.63, 3.8) is 0 Å². The van der Waals surface area contributed by atoms with Gasteiger partial charge >= 0.3 is 0 Å². The summed E-state index contributed by atoms with van der Waals surface area (Å²) in [5.74, 6) is 0. The van der Waals surface area contributed by atoms with Gasteiger partial charge in [0.25, 0.3) is 0 Å². The molecule has 0 atom stereocenters. The highest BCUT2D eigenvalue weighted by molar-refractivity contribution is 6.29. The van der Waals surface area contributed by atoms with Crippen LogP contribution < -0.4 is 4.90 Å². The molecule has 3 heteroatoms. The van der Waals surface area contributed by atoms with Gasteiger partial charge in [-0.2, -0.15) is 0 Å². The fraction of sp³-hybridized carbons (Fsp3) is 0.0545. The Morgan fingerprint density at radius 1 is 0.379 bits per heavy atom. The van der Waals surface area contributed by atoms with E-state index in [2.05, 4.69) is 216 Å². The number of rotatable bonds is 4. The zero-order valence-corrected chi connectivity index (χ0v) is 32.2. The van der Waals surface area contributed by atoms with Crippen LogP contribution in [0, 0.1) is 0 Å². The molecule has 3 aromatic heterocycles. The van der Waals surface area contributed by atoms with Crippen molar-refractivity contribution in [3.8, 4) is 22.3 Å². The van der Waals surface area contributed by atoms with Crippen LogP contribution >= 0.6 is 0 Å². The topological polar surface area (TPSA) is 12.1 Å². The summed E-state index contributed by atoms with van der Waals surface area (Å²) in [6, 6.07) is 70.0. The van der Waals surface area contributed by atoms with Crippen LogP contribution in [0.25, 0.3) is 87.7 Å². The van der Waals surface area contributed by atoms with Crippen molar-refractivity contribution in [3.05, 3.63) is 199 Å². The second-order valence-electron chi connectivity index (χ2n) is 16.6. The van der Waals surface area contributed by atoms with Gasteiger partial charge in [0.15, 0.2) is 0 Å². The van der Waals surface area contributed by atoms with Crippen molar-refractivity contribution in [2.45, 2.75) is 19.3 Å². The van der Waals surface area contributed by atoms with E-state index < -0.39 is 0 Å². The fourth-order valence-corrected chi connectivity index (χ4v) is 10.6. The zero-order valence-electron chi connectivity index (χ0n) is 32.2. The van der Waals surface area contributed by atoms with Gasteiger partial charge in [0.2, 0.25) is 0 Å². The third kappa shape index (κ3) is 4.12. The number of nitrogens with zero attached hydrogens (tertiary/aromatic N) is 3. The van der Waals surface area contributed by atoms with Crippen molar-refractivity contribution >= 4 is 82.5 Å². The zero-order chi connectivity index (χ0) is 38.3. The van der Waals surface area contributed by atoms with Crippen LogP contribution in [0.3, 0.4) is 0 Å². The van der Waals surface area contributed by atoms with Gasteiger partial charge < -0.3 is 13.7 Å². The van der Waals surface area contributed by atoms with Gasteiger partial charge in [0.05, 0.1) is 33.1 Å². The maximum atomic E-state index is 2.51. The predicted octanol–water partition coefficient (Wildman–Crippen LogP) is 14.8. The molecule has 3 nitrogen and oxygen atoms in total. The molecule has 0 saturated heterocycles. The maximum absolute atomic E-state index is 2.51. The summed E-state index contributed by atoms with van der Waals surface area (Å²) in [5, 5.41) is 7.54. The van der Waals surface area contributed by atoms with Crippen LogP contribution in [0.15, 0.2) is 188 Å². The van der Waals surface area contributed by atoms with E-state index in [1.165, 1.54) is 98.8 Å². The minimum Gasteiger partial charge on any atom is -0.310 e. The Kier molecular flexibility index (Phi) is 6.23. The molecule has 3 heterocycles. The quantitative estimate of drug-likeness (QED) is 0.164. The van der Waals surface area contributed by atoms with E-state index in [4.69, 9.17) is 0 Å². The third-order valence-electron chi connectivity index (χ3n) is 13.2. The maximum Gasteiger partial charge on any atom is 0.0795 e. The molecule has 0 N–H and O–H groups in total. The van der Waals surface area contributed by atoms with E-state index in [0.717, 1.165) is 17.1 Å². The van der Waals surface area contributed by atoms with Gasteiger partial charge in [0.1, 0.15) is 0 Å². The largest absolute Gasteiger partial charge is 0.310 e. The smallest absolute Gasteiger partial charge is 0.0795 e. The molecular formula is C55H37N3. The molecule has 1 aliphatic rings. The van der Waals surface area contributed by atoms with Crippen molar-refractivity contribution < 1.29 is 0 Å². The molecule has 1 aliphatic carbocycles. The molecule has 9 aromatic carbocycles. The second kappa shape index (κ2) is 11.4. The fourth-order valence-electron chi connectivity index (χ4n) is 10.6. The molecule has 0 radical (unpaired) electrons. The first kappa shape index (κ1) is 31.8. The van der Waals surface area contributed by atoms with Crippen LogP contribution in [-0.2, 0) is 5.41 Å². The van der Waals surface area contributed by atoms with E-state index in [9.17, 15) is 0 Å². The van der Waals surface area contributed by atoms with Crippen molar-refractivity contribution in [1.82, 2.24) is 8.80 Å². The minimum absolute atomic E-state index is 0.0619. The molecule has 58 heavy (non-hydrogen) atoms. The first-order valence-electron chi connectivity index (χ1n) is 20.3. The summed E-state index contributed by atoms with van der Waals surface area (Å²) >= 11 is 0. The molecule has 0 amide bonds. The van der Waals surface area contributed by atoms with Gasteiger partial charge in [-0.1, -0.05) is 135 Å². The average molecular weight is 740 g/mol. The Morgan fingerprint density at radius 2 is 0.983 bits per heavy atom. The number of aromatic nitrogens is 2. The summed E-state index contributed by atoms with van der Waals surface area (Å²) in [7, 11) is 0. The van der Waals surface area contributed by atoms with E-state index in [1.54, 1.807) is 0 Å². The van der Waals surface area contributed by atoms with E-state index >= 15 is 0 Å². The molecule has 0 aliphatic heterocycles. The summed E-state index contributed by atoms with van der Waals surface area (Å²) in [6.45, 7) is 4.71. The van der Waals surface area contributed by atoms with Crippen LogP contribution in [0.4, 0.5) is 17.1 Å². The molecular weight excluding hydrogens is 703 g/mol. The van der Waals surface area contributed by atoms with Gasteiger partial charge in [-0.05, 0) is 111 Å². The lowest BCUT2D eigenvalue weighted by molar-refractivity contribution is 0.660. The SMILES string of the molecule is CC1(C)c2ccccc2-c2cc(N(c3cccc(-c4cc5c6ccccc6n6c7ccccc7n7c8ccccc8c4c7c56)c3)c3ccc4ccccc4c3)ccc21. The highest BCUT2D eigenvalue weighted by atomic mass is 15.1. The lowest BCUT2D eigenvalue weighted by atomic mass is 9.82. The van der Waals surface area contributed by atoms with Crippen LogP contribution in [0.2, 0.25) is 0 Å². The number of benzene rings is 9. The molecule has 0 saturated carbocycles. The Balaban J connectivity index is 1.10. The summed E-state index contributed by atoms with van der Waals surface area (Å²) in [4.78, 5) is 2.45. The number of hydrogen-bond donors (Lipinski definition) is 0. The molecule has 13 rings (SSSR count). The van der Waals surface area contributed by atoms with Crippen molar-refractivity contribution in [2.24, 2.45) is 0 Å². The lowest BCUT2D eigenvalue weighted by Crippen LogP contribution is -2.15. The number of hydrogen-bond acceptors (Lipinski definition) is 1. The molecule has 0 bridgehead atoms. The van der Waals surface area contributed by atoms with E-state index in [-0.39, 0.29) is 5.41 Å². The standard InChI is InChI=1S/C55H37N3/c1-55(2)46-21-8-5-18-40(46)44-32-39(28-29-47(44)55)56(38-27-26-34-14-3-4-15-35(34)30-38)37-17-13-16-36(31-37)43-33-45-41-19-6-9-22-48(41)57-50-24-11-12-25-51(50)58-49-23-10-7-20-42(49)52(43)54(58)53(45)57/h3-33H,1-2H3. The predicted molar refractivity (Wildman–Crippen MR) is 245 cm³/mol. The summed E-state index contributed by atoms with van der Waals surface area (Å²) in [6.07, 6.45) is 0. The lowest BCUT2D eigenvalue weighted by Gasteiger charge is -2.28. The highest BCUT2D eigenvalue weighted by Crippen LogP contribution is 2.52. The first-order valence-corrected chi connectivity index (χ1v) is 20.3. The van der Waals surface area contributed by atoms with Gasteiger partial charge in [-0.15, -0.1) is 0 Å². The molecule has 0 spiro atoms. The second-order valence-corrected chi connectivity index (χ2v) is 16.6. The first-order chi connectivity index (χ1) is 28.5. The third-order valence-corrected chi connectivity index (χ3v) is 13.2. The summed E-state index contributed by atoms with van der Waals surface area (Å²) < 4.78 is 5.01. The Morgan fingerprint density at radius 3 is 1.81 bits per heavy atom. The molecule has 272 valence electrons. The van der Waals surface area contributed by atoms with Crippen LogP contribution in [0.1, 0.15) is 25.0 Å². The van der Waals surface area contributed by atoms with E-state index in [0.29, 0.717) is 0 Å². The van der Waals surface area contributed by atoms with Gasteiger partial charge in [0, 0.05) is 44.0 Å². The van der Waals surface area contributed by atoms with Gasteiger partial charge in [-0.25, -0.2) is 0 Å². The number of anilines is 3.